The Kier molecular flexibility index (Phi) is 5.57. The minimum Gasteiger partial charge on any atom is -0.387 e. The molecule has 2 fully saturated rings. The molecule has 1 heterocycles. The highest BCUT2D eigenvalue weighted by molar-refractivity contribution is 6.31. The zero-order valence-electron chi connectivity index (χ0n) is 13.5. The Bertz CT molecular complexity index is 538. The summed E-state index contributed by atoms with van der Waals surface area (Å²) in [6, 6.07) is 7.43. The van der Waals surface area contributed by atoms with Gasteiger partial charge in [-0.05, 0) is 18.9 Å². The number of β-amino-alcohol motifs (C(OH)–C–C–N with tert-alkyl or cyclic N) is 1. The van der Waals surface area contributed by atoms with Crippen molar-refractivity contribution in [3.63, 3.8) is 0 Å². The van der Waals surface area contributed by atoms with Gasteiger partial charge in [0.2, 0.25) is 5.91 Å². The lowest BCUT2D eigenvalue weighted by Crippen LogP contribution is -2.50. The Morgan fingerprint density at radius 3 is 2.48 bits per heavy atom. The van der Waals surface area contributed by atoms with E-state index in [1.165, 1.54) is 12.8 Å². The topological polar surface area (TPSA) is 43.8 Å². The zero-order valence-corrected chi connectivity index (χ0v) is 14.2. The average Bonchev–Trinajstić information content (AvgIpc) is 3.09. The van der Waals surface area contributed by atoms with Gasteiger partial charge in [-0.2, -0.15) is 0 Å². The molecule has 1 aliphatic carbocycles. The lowest BCUT2D eigenvalue weighted by Gasteiger charge is -2.36. The smallest absolute Gasteiger partial charge is 0.225 e. The number of aliphatic hydroxyl groups excluding tert-OH is 1. The third kappa shape index (κ3) is 4.06. The molecule has 0 aromatic heterocycles. The predicted octanol–water partition coefficient (Wildman–Crippen LogP) is 2.71. The molecule has 1 saturated heterocycles. The molecule has 126 valence electrons. The summed E-state index contributed by atoms with van der Waals surface area (Å²) in [5.74, 6) is 0.601. The van der Waals surface area contributed by atoms with E-state index in [0.717, 1.165) is 44.6 Å². The Morgan fingerprint density at radius 1 is 1.17 bits per heavy atom. The van der Waals surface area contributed by atoms with Crippen LogP contribution in [0.25, 0.3) is 0 Å². The molecule has 0 spiro atoms. The molecule has 1 N–H and O–H groups in total. The van der Waals surface area contributed by atoms with Crippen LogP contribution in [0.5, 0.6) is 0 Å². The van der Waals surface area contributed by atoms with E-state index in [4.69, 9.17) is 11.6 Å². The van der Waals surface area contributed by atoms with E-state index in [9.17, 15) is 9.90 Å². The van der Waals surface area contributed by atoms with Gasteiger partial charge in [-0.15, -0.1) is 0 Å². The quantitative estimate of drug-likeness (QED) is 0.919. The van der Waals surface area contributed by atoms with Crippen molar-refractivity contribution in [2.45, 2.75) is 31.8 Å². The van der Waals surface area contributed by atoms with E-state index in [2.05, 4.69) is 4.90 Å². The van der Waals surface area contributed by atoms with Gasteiger partial charge in [-0.25, -0.2) is 0 Å². The molecular formula is C18H25ClN2O2. The molecule has 1 unspecified atom stereocenters. The average molecular weight is 337 g/mol. The highest BCUT2D eigenvalue weighted by Crippen LogP contribution is 2.27. The van der Waals surface area contributed by atoms with Gasteiger partial charge < -0.3 is 10.0 Å². The number of carbonyl (C=O) groups is 1. The Balaban J connectivity index is 1.49. The number of benzene rings is 1. The zero-order chi connectivity index (χ0) is 16.2. The van der Waals surface area contributed by atoms with Crippen molar-refractivity contribution in [2.75, 3.05) is 32.7 Å². The van der Waals surface area contributed by atoms with Gasteiger partial charge in [0, 0.05) is 49.2 Å². The normalized spacial score (nSPS) is 21.6. The first-order chi connectivity index (χ1) is 11.1. The van der Waals surface area contributed by atoms with E-state index in [1.807, 2.05) is 23.1 Å². The van der Waals surface area contributed by atoms with Crippen LogP contribution in [0, 0.1) is 5.92 Å². The van der Waals surface area contributed by atoms with E-state index in [0.29, 0.717) is 17.5 Å². The molecule has 0 radical (unpaired) electrons. The molecule has 1 saturated carbocycles. The number of rotatable bonds is 4. The minimum absolute atomic E-state index is 0.260. The summed E-state index contributed by atoms with van der Waals surface area (Å²) in [6.07, 6.45) is 3.93. The largest absolute Gasteiger partial charge is 0.387 e. The van der Waals surface area contributed by atoms with E-state index >= 15 is 0 Å². The van der Waals surface area contributed by atoms with Crippen molar-refractivity contribution in [3.8, 4) is 0 Å². The molecule has 2 aliphatic rings. The van der Waals surface area contributed by atoms with Crippen LogP contribution in [-0.4, -0.2) is 53.5 Å². The number of carbonyl (C=O) groups excluding carboxylic acids is 1. The fourth-order valence-electron chi connectivity index (χ4n) is 3.67. The number of nitrogens with zero attached hydrogens (tertiary/aromatic N) is 2. The monoisotopic (exact) mass is 336 g/mol. The van der Waals surface area contributed by atoms with E-state index in [1.54, 1.807) is 6.07 Å². The second-order valence-electron chi connectivity index (χ2n) is 6.64. The molecule has 1 aromatic rings. The molecule has 1 aromatic carbocycles. The molecule has 1 amide bonds. The second-order valence-corrected chi connectivity index (χ2v) is 7.05. The minimum atomic E-state index is -0.583. The second kappa shape index (κ2) is 7.65. The summed E-state index contributed by atoms with van der Waals surface area (Å²) in [7, 11) is 0. The fraction of sp³-hybridized carbons (Fsp3) is 0.611. The Labute approximate surface area is 143 Å². The number of halogens is 1. The third-order valence-corrected chi connectivity index (χ3v) is 5.43. The maximum atomic E-state index is 12.4. The van der Waals surface area contributed by atoms with Gasteiger partial charge in [0.05, 0.1) is 6.10 Å². The molecule has 1 aliphatic heterocycles. The summed E-state index contributed by atoms with van der Waals surface area (Å²) in [6.45, 7) is 3.74. The summed E-state index contributed by atoms with van der Waals surface area (Å²) in [4.78, 5) is 16.7. The summed E-state index contributed by atoms with van der Waals surface area (Å²) >= 11 is 6.14. The van der Waals surface area contributed by atoms with E-state index in [-0.39, 0.29) is 5.92 Å². The van der Waals surface area contributed by atoms with Crippen molar-refractivity contribution in [1.29, 1.82) is 0 Å². The number of hydrogen-bond acceptors (Lipinski definition) is 3. The standard InChI is InChI=1S/C18H25ClN2O2/c19-16-8-4-3-7-15(16)17(22)13-20-9-11-21(12-10-20)18(23)14-5-1-2-6-14/h3-4,7-8,14,17,22H,1-2,5-6,9-13H2. The van der Waals surface area contributed by atoms with Crippen LogP contribution in [0.3, 0.4) is 0 Å². The number of hydrogen-bond donors (Lipinski definition) is 1. The molecule has 1 atom stereocenters. The Hall–Kier alpha value is -1.10. The number of piperazine rings is 1. The van der Waals surface area contributed by atoms with Crippen LogP contribution in [0.15, 0.2) is 24.3 Å². The Morgan fingerprint density at radius 2 is 1.83 bits per heavy atom. The predicted molar refractivity (Wildman–Crippen MR) is 91.4 cm³/mol. The molecule has 0 bridgehead atoms. The SMILES string of the molecule is O=C(C1CCCC1)N1CCN(CC(O)c2ccccc2Cl)CC1. The van der Waals surface area contributed by atoms with Gasteiger partial charge in [0.25, 0.3) is 0 Å². The maximum absolute atomic E-state index is 12.4. The van der Waals surface area contributed by atoms with Crippen LogP contribution in [0.2, 0.25) is 5.02 Å². The van der Waals surface area contributed by atoms with Crippen molar-refractivity contribution < 1.29 is 9.90 Å². The van der Waals surface area contributed by atoms with Gasteiger partial charge in [-0.3, -0.25) is 9.69 Å². The number of amides is 1. The summed E-state index contributed by atoms with van der Waals surface area (Å²) < 4.78 is 0. The third-order valence-electron chi connectivity index (χ3n) is 5.08. The summed E-state index contributed by atoms with van der Waals surface area (Å²) in [5.41, 5.74) is 0.777. The van der Waals surface area contributed by atoms with Crippen LogP contribution >= 0.6 is 11.6 Å². The van der Waals surface area contributed by atoms with Gasteiger partial charge in [-0.1, -0.05) is 42.6 Å². The number of aliphatic hydroxyl groups is 1. The molecule has 3 rings (SSSR count). The van der Waals surface area contributed by atoms with Crippen LogP contribution in [0.4, 0.5) is 0 Å². The van der Waals surface area contributed by atoms with Crippen molar-refractivity contribution in [1.82, 2.24) is 9.80 Å². The first kappa shape index (κ1) is 16.7. The molecule has 4 nitrogen and oxygen atoms in total. The first-order valence-corrected chi connectivity index (χ1v) is 8.96. The highest BCUT2D eigenvalue weighted by atomic mass is 35.5. The lowest BCUT2D eigenvalue weighted by atomic mass is 10.1. The van der Waals surface area contributed by atoms with Crippen LogP contribution in [-0.2, 0) is 4.79 Å². The van der Waals surface area contributed by atoms with Gasteiger partial charge in [0.15, 0.2) is 0 Å². The van der Waals surface area contributed by atoms with Gasteiger partial charge >= 0.3 is 0 Å². The summed E-state index contributed by atoms with van der Waals surface area (Å²) in [5, 5.41) is 11.0. The first-order valence-electron chi connectivity index (χ1n) is 8.59. The molecule has 23 heavy (non-hydrogen) atoms. The molecular weight excluding hydrogens is 312 g/mol. The maximum Gasteiger partial charge on any atom is 0.225 e. The van der Waals surface area contributed by atoms with Crippen LogP contribution in [0.1, 0.15) is 37.4 Å². The molecule has 5 heteroatoms. The highest BCUT2D eigenvalue weighted by Gasteiger charge is 2.29. The van der Waals surface area contributed by atoms with Crippen LogP contribution < -0.4 is 0 Å². The van der Waals surface area contributed by atoms with E-state index < -0.39 is 6.10 Å². The van der Waals surface area contributed by atoms with Gasteiger partial charge in [0.1, 0.15) is 0 Å². The fourth-order valence-corrected chi connectivity index (χ4v) is 3.93. The van der Waals surface area contributed by atoms with Crippen molar-refractivity contribution >= 4 is 17.5 Å². The van der Waals surface area contributed by atoms with Crippen molar-refractivity contribution in [2.24, 2.45) is 5.92 Å². The van der Waals surface area contributed by atoms with Crippen molar-refractivity contribution in [3.05, 3.63) is 34.9 Å². The lowest BCUT2D eigenvalue weighted by molar-refractivity contribution is -0.137.